The molecule has 0 N–H and O–H groups in total. The Kier molecular flexibility index (Phi) is 4.59. The first-order chi connectivity index (χ1) is 13.8. The number of rotatable bonds is 4. The van der Waals surface area contributed by atoms with Crippen LogP contribution >= 0.6 is 0 Å². The Bertz CT molecular complexity index is 894. The minimum atomic E-state index is 0.0397. The number of nitrogens with zero attached hydrogens (tertiary/aromatic N) is 1. The van der Waals surface area contributed by atoms with Crippen LogP contribution in [0.25, 0.3) is 0 Å². The first kappa shape index (κ1) is 17.4. The molecule has 0 spiro atoms. The summed E-state index contributed by atoms with van der Waals surface area (Å²) in [5, 5.41) is 0. The van der Waals surface area contributed by atoms with Crippen molar-refractivity contribution in [3.63, 3.8) is 0 Å². The van der Waals surface area contributed by atoms with E-state index >= 15 is 0 Å². The molecule has 146 valence electrons. The van der Waals surface area contributed by atoms with Gasteiger partial charge in [-0.2, -0.15) is 0 Å². The van der Waals surface area contributed by atoms with Crippen LogP contribution < -0.4 is 14.2 Å². The molecule has 2 aliphatic heterocycles. The number of ether oxygens (including phenoxy) is 3. The molecule has 1 fully saturated rings. The van der Waals surface area contributed by atoms with Gasteiger partial charge in [0.2, 0.25) is 0 Å². The van der Waals surface area contributed by atoms with Crippen LogP contribution in [0.4, 0.5) is 0 Å². The normalized spacial score (nSPS) is 20.1. The van der Waals surface area contributed by atoms with E-state index in [1.165, 1.54) is 17.5 Å². The SMILES string of the molecule is O=C(COc1ccc2c(c1)CCC2)N1CCC[C@H]1c1ccc2c(c1)OCCO2. The number of fused-ring (bicyclic) bond motifs is 2. The van der Waals surface area contributed by atoms with Gasteiger partial charge in [-0.05, 0) is 73.1 Å². The summed E-state index contributed by atoms with van der Waals surface area (Å²) in [6.07, 6.45) is 5.44. The van der Waals surface area contributed by atoms with E-state index in [-0.39, 0.29) is 18.6 Å². The predicted octanol–water partition coefficient (Wildman–Crippen LogP) is 3.69. The fourth-order valence-corrected chi connectivity index (χ4v) is 4.54. The van der Waals surface area contributed by atoms with Crippen LogP contribution in [-0.2, 0) is 17.6 Å². The van der Waals surface area contributed by atoms with Gasteiger partial charge in [-0.25, -0.2) is 0 Å². The lowest BCUT2D eigenvalue weighted by Crippen LogP contribution is -2.34. The number of aryl methyl sites for hydroxylation is 2. The highest BCUT2D eigenvalue weighted by Crippen LogP contribution is 2.38. The van der Waals surface area contributed by atoms with Crippen molar-refractivity contribution < 1.29 is 19.0 Å². The van der Waals surface area contributed by atoms with Crippen LogP contribution in [0.15, 0.2) is 36.4 Å². The molecule has 0 aromatic heterocycles. The van der Waals surface area contributed by atoms with E-state index in [4.69, 9.17) is 14.2 Å². The fourth-order valence-electron chi connectivity index (χ4n) is 4.54. The Balaban J connectivity index is 1.26. The molecule has 3 aliphatic rings. The zero-order chi connectivity index (χ0) is 18.9. The highest BCUT2D eigenvalue weighted by atomic mass is 16.6. The molecular formula is C23H25NO4. The molecule has 2 heterocycles. The van der Waals surface area contributed by atoms with Gasteiger partial charge in [-0.15, -0.1) is 0 Å². The molecule has 1 saturated heterocycles. The molecule has 1 atom stereocenters. The molecule has 5 rings (SSSR count). The molecule has 0 saturated carbocycles. The highest BCUT2D eigenvalue weighted by molar-refractivity contribution is 5.78. The minimum Gasteiger partial charge on any atom is -0.486 e. The summed E-state index contributed by atoms with van der Waals surface area (Å²) in [4.78, 5) is 14.8. The average molecular weight is 379 g/mol. The number of hydrogen-bond donors (Lipinski definition) is 0. The van der Waals surface area contributed by atoms with Gasteiger partial charge in [-0.3, -0.25) is 4.79 Å². The summed E-state index contributed by atoms with van der Waals surface area (Å²) in [5.74, 6) is 2.39. The lowest BCUT2D eigenvalue weighted by Gasteiger charge is -2.26. The third-order valence-electron chi connectivity index (χ3n) is 5.96. The van der Waals surface area contributed by atoms with Gasteiger partial charge >= 0.3 is 0 Å². The largest absolute Gasteiger partial charge is 0.486 e. The van der Waals surface area contributed by atoms with Crippen LogP contribution in [0.3, 0.4) is 0 Å². The summed E-state index contributed by atoms with van der Waals surface area (Å²) in [5.41, 5.74) is 3.88. The van der Waals surface area contributed by atoms with Crippen molar-refractivity contribution in [1.82, 2.24) is 4.90 Å². The monoisotopic (exact) mass is 379 g/mol. The molecule has 5 nitrogen and oxygen atoms in total. The lowest BCUT2D eigenvalue weighted by atomic mass is 10.0. The maximum Gasteiger partial charge on any atom is 0.261 e. The molecule has 2 aromatic carbocycles. The van der Waals surface area contributed by atoms with Crippen LogP contribution in [-0.4, -0.2) is 37.2 Å². The molecular weight excluding hydrogens is 354 g/mol. The quantitative estimate of drug-likeness (QED) is 0.813. The van der Waals surface area contributed by atoms with Crippen molar-refractivity contribution in [1.29, 1.82) is 0 Å². The summed E-state index contributed by atoms with van der Waals surface area (Å²) >= 11 is 0. The maximum atomic E-state index is 12.9. The number of likely N-dealkylation sites (tertiary alicyclic amines) is 1. The van der Waals surface area contributed by atoms with Gasteiger partial charge < -0.3 is 19.1 Å². The third kappa shape index (κ3) is 3.30. The van der Waals surface area contributed by atoms with Gasteiger partial charge in [0, 0.05) is 6.54 Å². The Hall–Kier alpha value is -2.69. The molecule has 28 heavy (non-hydrogen) atoms. The molecule has 2 aromatic rings. The van der Waals surface area contributed by atoms with Crippen molar-refractivity contribution in [2.45, 2.75) is 38.1 Å². The summed E-state index contributed by atoms with van der Waals surface area (Å²) in [6.45, 7) is 2.00. The van der Waals surface area contributed by atoms with Crippen molar-refractivity contribution in [3.8, 4) is 17.2 Å². The molecule has 1 aliphatic carbocycles. The minimum absolute atomic E-state index is 0.0397. The standard InChI is InChI=1S/C23H25NO4/c25-23(15-28-19-8-6-16-3-1-4-17(16)13-19)24-10-2-5-20(24)18-7-9-21-22(14-18)27-12-11-26-21/h6-9,13-14,20H,1-5,10-12,15H2/t20-/m0/s1. The summed E-state index contributed by atoms with van der Waals surface area (Å²) in [7, 11) is 0. The Morgan fingerprint density at radius 2 is 1.86 bits per heavy atom. The molecule has 1 amide bonds. The zero-order valence-electron chi connectivity index (χ0n) is 16.0. The van der Waals surface area contributed by atoms with Crippen LogP contribution in [0.1, 0.15) is 42.0 Å². The second-order valence-corrected chi connectivity index (χ2v) is 7.72. The van der Waals surface area contributed by atoms with Gasteiger partial charge in [-0.1, -0.05) is 12.1 Å². The van der Waals surface area contributed by atoms with E-state index in [0.29, 0.717) is 13.2 Å². The van der Waals surface area contributed by atoms with Crippen LogP contribution in [0, 0.1) is 0 Å². The van der Waals surface area contributed by atoms with E-state index in [1.807, 2.05) is 29.2 Å². The van der Waals surface area contributed by atoms with Crippen molar-refractivity contribution in [3.05, 3.63) is 53.1 Å². The second-order valence-electron chi connectivity index (χ2n) is 7.72. The lowest BCUT2D eigenvalue weighted by molar-refractivity contribution is -0.134. The Morgan fingerprint density at radius 3 is 2.79 bits per heavy atom. The summed E-state index contributed by atoms with van der Waals surface area (Å²) in [6, 6.07) is 12.3. The molecule has 0 unspecified atom stereocenters. The van der Waals surface area contributed by atoms with E-state index in [1.54, 1.807) is 0 Å². The number of benzene rings is 2. The number of carbonyl (C=O) groups is 1. The topological polar surface area (TPSA) is 48.0 Å². The summed E-state index contributed by atoms with van der Waals surface area (Å²) < 4.78 is 17.2. The molecule has 0 bridgehead atoms. The first-order valence-corrected chi connectivity index (χ1v) is 10.2. The molecule has 5 heteroatoms. The smallest absolute Gasteiger partial charge is 0.261 e. The van der Waals surface area contributed by atoms with Gasteiger partial charge in [0.15, 0.2) is 18.1 Å². The van der Waals surface area contributed by atoms with E-state index in [2.05, 4.69) is 12.1 Å². The van der Waals surface area contributed by atoms with E-state index in [0.717, 1.165) is 55.0 Å². The fraction of sp³-hybridized carbons (Fsp3) is 0.435. The molecule has 0 radical (unpaired) electrons. The Morgan fingerprint density at radius 1 is 1.00 bits per heavy atom. The van der Waals surface area contributed by atoms with Crippen molar-refractivity contribution in [2.24, 2.45) is 0 Å². The number of hydrogen-bond acceptors (Lipinski definition) is 4. The predicted molar refractivity (Wildman–Crippen MR) is 105 cm³/mol. The van der Waals surface area contributed by atoms with Crippen molar-refractivity contribution >= 4 is 5.91 Å². The number of carbonyl (C=O) groups excluding carboxylic acids is 1. The van der Waals surface area contributed by atoms with Gasteiger partial charge in [0.05, 0.1) is 6.04 Å². The second kappa shape index (κ2) is 7.38. The Labute approximate surface area is 165 Å². The average Bonchev–Trinajstić information content (AvgIpc) is 3.40. The van der Waals surface area contributed by atoms with Crippen LogP contribution in [0.2, 0.25) is 0 Å². The van der Waals surface area contributed by atoms with Crippen molar-refractivity contribution in [2.75, 3.05) is 26.4 Å². The van der Waals surface area contributed by atoms with Gasteiger partial charge in [0.25, 0.3) is 5.91 Å². The maximum absolute atomic E-state index is 12.9. The first-order valence-electron chi connectivity index (χ1n) is 10.2. The third-order valence-corrected chi connectivity index (χ3v) is 5.96. The van der Waals surface area contributed by atoms with Crippen LogP contribution in [0.5, 0.6) is 17.2 Å². The van der Waals surface area contributed by atoms with E-state index < -0.39 is 0 Å². The highest BCUT2D eigenvalue weighted by Gasteiger charge is 2.31. The zero-order valence-corrected chi connectivity index (χ0v) is 16.0. The van der Waals surface area contributed by atoms with E-state index in [9.17, 15) is 4.79 Å². The van der Waals surface area contributed by atoms with Gasteiger partial charge in [0.1, 0.15) is 19.0 Å². The number of amides is 1.